The van der Waals surface area contributed by atoms with Gasteiger partial charge < -0.3 is 19.7 Å². The first kappa shape index (κ1) is 22.5. The van der Waals surface area contributed by atoms with Gasteiger partial charge in [-0.05, 0) is 69.2 Å². The second kappa shape index (κ2) is 9.83. The number of hydrogen-bond donors (Lipinski definition) is 1. The van der Waals surface area contributed by atoms with Gasteiger partial charge in [-0.1, -0.05) is 23.2 Å². The molecule has 0 amide bonds. The van der Waals surface area contributed by atoms with Crippen molar-refractivity contribution in [2.45, 2.75) is 12.8 Å². The van der Waals surface area contributed by atoms with E-state index in [-0.39, 0.29) is 0 Å². The maximum absolute atomic E-state index is 9.65. The van der Waals surface area contributed by atoms with Gasteiger partial charge in [0.1, 0.15) is 11.6 Å². The normalized spacial score (nSPS) is 14.8. The summed E-state index contributed by atoms with van der Waals surface area (Å²) < 4.78 is 11.8. The average Bonchev–Trinajstić information content (AvgIpc) is 2.80. The van der Waals surface area contributed by atoms with E-state index in [0.29, 0.717) is 56.5 Å². The second-order valence-corrected chi connectivity index (χ2v) is 8.80. The molecule has 6 nitrogen and oxygen atoms in total. The van der Waals surface area contributed by atoms with E-state index in [1.807, 2.05) is 12.1 Å². The predicted octanol–water partition coefficient (Wildman–Crippen LogP) is 5.89. The van der Waals surface area contributed by atoms with E-state index in [9.17, 15) is 5.26 Å². The van der Waals surface area contributed by atoms with Crippen LogP contribution in [0.2, 0.25) is 10.0 Å². The number of anilines is 2. The number of likely N-dealkylation sites (tertiary alicyclic amines) is 1. The van der Waals surface area contributed by atoms with Crippen molar-refractivity contribution >= 4 is 45.5 Å². The van der Waals surface area contributed by atoms with E-state index < -0.39 is 0 Å². The van der Waals surface area contributed by atoms with Crippen LogP contribution in [0, 0.1) is 17.2 Å². The standard InChI is InChI=1S/C24H24Cl2N4O2/c1-30-9-7-15(8-10-30)14-32-21-6-4-18-22(29-20-5-3-17(25)11-19(20)26)16(12-27)13-28-23(18)24(21)31-2/h3-6,11,13,15H,7-10,14H2,1-2H3,(H,28,29). The molecule has 1 aliphatic rings. The lowest BCUT2D eigenvalue weighted by Gasteiger charge is -2.29. The topological polar surface area (TPSA) is 70.4 Å². The van der Waals surface area contributed by atoms with Crippen LogP contribution in [0.1, 0.15) is 18.4 Å². The van der Waals surface area contributed by atoms with E-state index in [1.54, 1.807) is 25.3 Å². The highest BCUT2D eigenvalue weighted by atomic mass is 35.5. The fraction of sp³-hybridized carbons (Fsp3) is 0.333. The zero-order chi connectivity index (χ0) is 22.7. The van der Waals surface area contributed by atoms with Gasteiger partial charge in [-0.15, -0.1) is 0 Å². The number of hydrogen-bond acceptors (Lipinski definition) is 6. The van der Waals surface area contributed by atoms with Gasteiger partial charge in [0.05, 0.1) is 35.7 Å². The number of ether oxygens (including phenoxy) is 2. The van der Waals surface area contributed by atoms with Crippen LogP contribution in [0.5, 0.6) is 11.5 Å². The summed E-state index contributed by atoms with van der Waals surface area (Å²) in [4.78, 5) is 6.84. The number of nitrogens with zero attached hydrogens (tertiary/aromatic N) is 3. The monoisotopic (exact) mass is 470 g/mol. The third kappa shape index (κ3) is 4.71. The molecule has 1 saturated heterocycles. The van der Waals surface area contributed by atoms with Crippen LogP contribution in [-0.2, 0) is 0 Å². The third-order valence-electron chi connectivity index (χ3n) is 5.78. The zero-order valence-electron chi connectivity index (χ0n) is 18.0. The molecular formula is C24H24Cl2N4O2. The Kier molecular flexibility index (Phi) is 6.90. The molecule has 0 radical (unpaired) electrons. The molecule has 1 aromatic heterocycles. The Morgan fingerprint density at radius 3 is 2.69 bits per heavy atom. The van der Waals surface area contributed by atoms with Gasteiger partial charge in [-0.25, -0.2) is 0 Å². The highest BCUT2D eigenvalue weighted by Crippen LogP contribution is 2.40. The minimum atomic E-state index is 0.394. The Balaban J connectivity index is 1.68. The van der Waals surface area contributed by atoms with Crippen LogP contribution in [0.25, 0.3) is 10.9 Å². The smallest absolute Gasteiger partial charge is 0.187 e. The van der Waals surface area contributed by atoms with E-state index in [1.165, 1.54) is 6.20 Å². The Hall–Kier alpha value is -2.72. The lowest BCUT2D eigenvalue weighted by Crippen LogP contribution is -2.32. The lowest BCUT2D eigenvalue weighted by atomic mass is 9.98. The number of piperidine rings is 1. The first-order valence-electron chi connectivity index (χ1n) is 10.4. The van der Waals surface area contributed by atoms with Crippen LogP contribution < -0.4 is 14.8 Å². The first-order chi connectivity index (χ1) is 15.5. The minimum absolute atomic E-state index is 0.394. The molecular weight excluding hydrogens is 447 g/mol. The quantitative estimate of drug-likeness (QED) is 0.484. The van der Waals surface area contributed by atoms with Crippen molar-refractivity contribution in [3.05, 3.63) is 52.1 Å². The van der Waals surface area contributed by atoms with E-state index in [4.69, 9.17) is 32.7 Å². The molecule has 0 saturated carbocycles. The third-order valence-corrected chi connectivity index (χ3v) is 6.33. The maximum atomic E-state index is 9.65. The summed E-state index contributed by atoms with van der Waals surface area (Å²) in [5, 5.41) is 14.6. The molecule has 0 spiro atoms. The maximum Gasteiger partial charge on any atom is 0.187 e. The van der Waals surface area contributed by atoms with E-state index in [2.05, 4.69) is 28.3 Å². The van der Waals surface area contributed by atoms with Gasteiger partial charge in [0.15, 0.2) is 11.5 Å². The number of nitriles is 1. The summed E-state index contributed by atoms with van der Waals surface area (Å²) in [6.07, 6.45) is 3.76. The predicted molar refractivity (Wildman–Crippen MR) is 128 cm³/mol. The fourth-order valence-corrected chi connectivity index (χ4v) is 4.37. The van der Waals surface area contributed by atoms with Crippen LogP contribution >= 0.6 is 23.2 Å². The highest BCUT2D eigenvalue weighted by molar-refractivity contribution is 6.36. The second-order valence-electron chi connectivity index (χ2n) is 7.96. The molecule has 1 fully saturated rings. The van der Waals surface area contributed by atoms with Crippen molar-refractivity contribution in [1.82, 2.24) is 9.88 Å². The molecule has 4 rings (SSSR count). The van der Waals surface area contributed by atoms with Crippen molar-refractivity contribution in [2.24, 2.45) is 5.92 Å². The number of fused-ring (bicyclic) bond motifs is 1. The van der Waals surface area contributed by atoms with E-state index in [0.717, 1.165) is 31.3 Å². The summed E-state index contributed by atoms with van der Waals surface area (Å²) in [7, 11) is 3.74. The number of rotatable bonds is 6. The number of pyridine rings is 1. The molecule has 2 aromatic carbocycles. The summed E-state index contributed by atoms with van der Waals surface area (Å²) >= 11 is 12.4. The molecule has 1 aliphatic heterocycles. The average molecular weight is 471 g/mol. The molecule has 0 atom stereocenters. The number of aromatic nitrogens is 1. The van der Waals surface area contributed by atoms with Gasteiger partial charge >= 0.3 is 0 Å². The van der Waals surface area contributed by atoms with Crippen LogP contribution in [0.15, 0.2) is 36.5 Å². The van der Waals surface area contributed by atoms with Crippen molar-refractivity contribution in [1.29, 1.82) is 5.26 Å². The van der Waals surface area contributed by atoms with Crippen molar-refractivity contribution in [2.75, 3.05) is 39.2 Å². The van der Waals surface area contributed by atoms with Crippen molar-refractivity contribution in [3.8, 4) is 17.6 Å². The molecule has 0 aliphatic carbocycles. The number of methoxy groups -OCH3 is 1. The van der Waals surface area contributed by atoms with Gasteiger partial charge in [-0.2, -0.15) is 5.26 Å². The Bertz CT molecular complexity index is 1170. The molecule has 2 heterocycles. The Labute approximate surface area is 197 Å². The van der Waals surface area contributed by atoms with Crippen LogP contribution in [0.4, 0.5) is 11.4 Å². The van der Waals surface area contributed by atoms with Crippen molar-refractivity contribution in [3.63, 3.8) is 0 Å². The molecule has 3 aromatic rings. The minimum Gasteiger partial charge on any atom is -0.491 e. The fourth-order valence-electron chi connectivity index (χ4n) is 3.91. The van der Waals surface area contributed by atoms with Crippen LogP contribution in [0.3, 0.4) is 0 Å². The molecule has 32 heavy (non-hydrogen) atoms. The number of halogens is 2. The largest absolute Gasteiger partial charge is 0.491 e. The molecule has 1 N–H and O–H groups in total. The van der Waals surface area contributed by atoms with Gasteiger partial charge in [-0.3, -0.25) is 4.98 Å². The first-order valence-corrected chi connectivity index (χ1v) is 11.2. The van der Waals surface area contributed by atoms with E-state index >= 15 is 0 Å². The summed E-state index contributed by atoms with van der Waals surface area (Å²) in [6.45, 7) is 2.81. The SMILES string of the molecule is COc1c(OCC2CCN(C)CC2)ccc2c(Nc3ccc(Cl)cc3Cl)c(C#N)cnc12. The van der Waals surface area contributed by atoms with Crippen molar-refractivity contribution < 1.29 is 9.47 Å². The number of benzene rings is 2. The van der Waals surface area contributed by atoms with Gasteiger partial charge in [0, 0.05) is 16.6 Å². The van der Waals surface area contributed by atoms with Crippen LogP contribution in [-0.4, -0.2) is 43.7 Å². The Morgan fingerprint density at radius 1 is 1.22 bits per heavy atom. The molecule has 8 heteroatoms. The highest BCUT2D eigenvalue weighted by Gasteiger charge is 2.20. The molecule has 0 bridgehead atoms. The molecule has 0 unspecified atom stereocenters. The number of nitrogens with one attached hydrogen (secondary N) is 1. The van der Waals surface area contributed by atoms with Gasteiger partial charge in [0.2, 0.25) is 0 Å². The zero-order valence-corrected chi connectivity index (χ0v) is 19.5. The molecule has 166 valence electrons. The summed E-state index contributed by atoms with van der Waals surface area (Å²) in [5.41, 5.74) is 2.24. The van der Waals surface area contributed by atoms with Gasteiger partial charge in [0.25, 0.3) is 0 Å². The lowest BCUT2D eigenvalue weighted by molar-refractivity contribution is 0.157. The Morgan fingerprint density at radius 2 is 2.00 bits per heavy atom. The summed E-state index contributed by atoms with van der Waals surface area (Å²) in [5.74, 6) is 1.71. The summed E-state index contributed by atoms with van der Waals surface area (Å²) in [6, 6.07) is 11.1.